The summed E-state index contributed by atoms with van der Waals surface area (Å²) in [5, 5.41) is 19.3. The van der Waals surface area contributed by atoms with Crippen LogP contribution in [-0.4, -0.2) is 15.9 Å². The highest BCUT2D eigenvalue weighted by Gasteiger charge is 2.31. The number of halogens is 2. The number of nitrogens with zero attached hydrogens (tertiary/aromatic N) is 1. The fourth-order valence-electron chi connectivity index (χ4n) is 1.51. The third kappa shape index (κ3) is 2.01. The summed E-state index contributed by atoms with van der Waals surface area (Å²) in [5.41, 5.74) is 3.40. The number of carbonyl (C=O) groups excluding carboxylic acids is 1. The maximum Gasteiger partial charge on any atom is 0.295 e. The van der Waals surface area contributed by atoms with Crippen molar-refractivity contribution < 1.29 is 19.2 Å². The van der Waals surface area contributed by atoms with Gasteiger partial charge < -0.3 is 10.8 Å². The zero-order valence-corrected chi connectivity index (χ0v) is 9.42. The first kappa shape index (κ1) is 13.2. The minimum atomic E-state index is -1.43. The Morgan fingerprint density at radius 2 is 2.18 bits per heavy atom. The quantitative estimate of drug-likeness (QED) is 0.639. The summed E-state index contributed by atoms with van der Waals surface area (Å²) in [6.07, 6.45) is 0.00213. The molecule has 0 fully saturated rings. The maximum absolute atomic E-state index is 13.4. The Morgan fingerprint density at radius 1 is 1.65 bits per heavy atom. The zero-order chi connectivity index (χ0) is 13.3. The molecule has 0 aliphatic rings. The third-order valence-corrected chi connectivity index (χ3v) is 2.56. The molecule has 0 aliphatic carbocycles. The molecular weight excluding hydrogens is 255 g/mol. The minimum absolute atomic E-state index is 0.00213. The number of hydrogen-bond acceptors (Lipinski definition) is 4. The smallest absolute Gasteiger partial charge is 0.295 e. The largest absolute Gasteiger partial charge is 0.504 e. The number of rotatable bonds is 3. The number of benzene rings is 1. The molecule has 0 unspecified atom stereocenters. The molecule has 17 heavy (non-hydrogen) atoms. The number of phenols is 1. The van der Waals surface area contributed by atoms with Gasteiger partial charge in [-0.25, -0.2) is 4.39 Å². The van der Waals surface area contributed by atoms with Crippen LogP contribution in [0.25, 0.3) is 0 Å². The highest BCUT2D eigenvalue weighted by Crippen LogP contribution is 2.40. The standard InChI is InChI=1S/C9H8ClFN2O4/c1-2-3-4(9(12)15)8(14)6(11)5(10)7(3)13(16)17/h14H,2H2,1H3,(H2,12,15). The summed E-state index contributed by atoms with van der Waals surface area (Å²) in [4.78, 5) is 20.9. The van der Waals surface area contributed by atoms with Gasteiger partial charge >= 0.3 is 0 Å². The molecule has 0 spiro atoms. The monoisotopic (exact) mass is 262 g/mol. The molecule has 0 bridgehead atoms. The van der Waals surface area contributed by atoms with Gasteiger partial charge in [0.15, 0.2) is 16.6 Å². The van der Waals surface area contributed by atoms with E-state index in [0.29, 0.717) is 0 Å². The Balaban J connectivity index is 3.85. The molecule has 3 N–H and O–H groups in total. The molecule has 0 heterocycles. The number of hydrogen-bond donors (Lipinski definition) is 2. The lowest BCUT2D eigenvalue weighted by molar-refractivity contribution is -0.385. The summed E-state index contributed by atoms with van der Waals surface area (Å²) in [6, 6.07) is 0. The Labute approximate surface area is 99.9 Å². The number of amides is 1. The highest BCUT2D eigenvalue weighted by molar-refractivity contribution is 6.33. The zero-order valence-electron chi connectivity index (χ0n) is 8.66. The number of nitro benzene ring substituents is 1. The van der Waals surface area contributed by atoms with E-state index in [0.717, 1.165) is 0 Å². The van der Waals surface area contributed by atoms with Gasteiger partial charge in [0.1, 0.15) is 0 Å². The predicted octanol–water partition coefficient (Wildman–Crippen LogP) is 1.75. The van der Waals surface area contributed by atoms with E-state index in [1.54, 1.807) is 0 Å². The average Bonchev–Trinajstić information content (AvgIpc) is 2.23. The SMILES string of the molecule is CCc1c(C(N)=O)c(O)c(F)c(Cl)c1[N+](=O)[O-]. The van der Waals surface area contributed by atoms with Gasteiger partial charge in [0.2, 0.25) is 0 Å². The van der Waals surface area contributed by atoms with Crippen molar-refractivity contribution in [3.8, 4) is 5.75 Å². The summed E-state index contributed by atoms with van der Waals surface area (Å²) in [7, 11) is 0. The summed E-state index contributed by atoms with van der Waals surface area (Å²) in [5.74, 6) is -3.65. The Morgan fingerprint density at radius 3 is 2.53 bits per heavy atom. The lowest BCUT2D eigenvalue weighted by atomic mass is 10.0. The maximum atomic E-state index is 13.4. The molecule has 1 rings (SSSR count). The van der Waals surface area contributed by atoms with Crippen molar-refractivity contribution in [1.82, 2.24) is 0 Å². The molecule has 0 saturated heterocycles. The van der Waals surface area contributed by atoms with E-state index >= 15 is 0 Å². The third-order valence-electron chi connectivity index (χ3n) is 2.22. The van der Waals surface area contributed by atoms with Gasteiger partial charge in [-0.05, 0) is 6.42 Å². The number of primary amides is 1. The highest BCUT2D eigenvalue weighted by atomic mass is 35.5. The summed E-state index contributed by atoms with van der Waals surface area (Å²) < 4.78 is 13.4. The van der Waals surface area contributed by atoms with Crippen molar-refractivity contribution in [2.75, 3.05) is 0 Å². The molecule has 0 atom stereocenters. The lowest BCUT2D eigenvalue weighted by Crippen LogP contribution is -2.16. The average molecular weight is 263 g/mol. The first-order valence-electron chi connectivity index (χ1n) is 4.49. The summed E-state index contributed by atoms with van der Waals surface area (Å²) >= 11 is 5.43. The van der Waals surface area contributed by atoms with Crippen molar-refractivity contribution in [2.45, 2.75) is 13.3 Å². The van der Waals surface area contributed by atoms with Crippen LogP contribution in [0.15, 0.2) is 0 Å². The second-order valence-electron chi connectivity index (χ2n) is 3.15. The molecule has 0 aromatic heterocycles. The van der Waals surface area contributed by atoms with Crippen LogP contribution in [0.5, 0.6) is 5.75 Å². The van der Waals surface area contributed by atoms with Gasteiger partial charge in [0, 0.05) is 5.56 Å². The van der Waals surface area contributed by atoms with Crippen molar-refractivity contribution in [1.29, 1.82) is 0 Å². The second kappa shape index (κ2) is 4.54. The molecule has 92 valence electrons. The molecular formula is C9H8ClFN2O4. The number of aromatic hydroxyl groups is 1. The van der Waals surface area contributed by atoms with E-state index in [4.69, 9.17) is 17.3 Å². The molecule has 0 saturated carbocycles. The van der Waals surface area contributed by atoms with E-state index in [-0.39, 0.29) is 12.0 Å². The molecule has 0 radical (unpaired) electrons. The van der Waals surface area contributed by atoms with E-state index in [2.05, 4.69) is 0 Å². The Kier molecular flexibility index (Phi) is 3.52. The van der Waals surface area contributed by atoms with Gasteiger partial charge in [0.05, 0.1) is 10.5 Å². The van der Waals surface area contributed by atoms with Gasteiger partial charge in [-0.2, -0.15) is 0 Å². The molecule has 1 aromatic rings. The van der Waals surface area contributed by atoms with Crippen LogP contribution in [0.1, 0.15) is 22.8 Å². The molecule has 6 nitrogen and oxygen atoms in total. The van der Waals surface area contributed by atoms with Gasteiger partial charge in [-0.1, -0.05) is 18.5 Å². The predicted molar refractivity (Wildman–Crippen MR) is 57.6 cm³/mol. The van der Waals surface area contributed by atoms with Crippen LogP contribution in [-0.2, 0) is 6.42 Å². The van der Waals surface area contributed by atoms with Crippen molar-refractivity contribution in [2.24, 2.45) is 5.73 Å². The van der Waals surface area contributed by atoms with Crippen LogP contribution in [0.2, 0.25) is 5.02 Å². The van der Waals surface area contributed by atoms with E-state index in [9.17, 15) is 24.4 Å². The van der Waals surface area contributed by atoms with Crippen molar-refractivity contribution >= 4 is 23.2 Å². The molecule has 8 heteroatoms. The number of nitrogens with two attached hydrogens (primary N) is 1. The van der Waals surface area contributed by atoms with Crippen LogP contribution < -0.4 is 5.73 Å². The number of nitro groups is 1. The van der Waals surface area contributed by atoms with Crippen LogP contribution in [0.3, 0.4) is 0 Å². The van der Waals surface area contributed by atoms with Crippen molar-refractivity contribution in [3.05, 3.63) is 32.1 Å². The first-order valence-corrected chi connectivity index (χ1v) is 4.87. The Bertz CT molecular complexity index is 477. The fraction of sp³-hybridized carbons (Fsp3) is 0.222. The van der Waals surface area contributed by atoms with Crippen molar-refractivity contribution in [3.63, 3.8) is 0 Å². The van der Waals surface area contributed by atoms with Gasteiger partial charge in [0.25, 0.3) is 11.6 Å². The van der Waals surface area contributed by atoms with E-state index in [1.165, 1.54) is 6.92 Å². The first-order chi connectivity index (χ1) is 7.82. The van der Waals surface area contributed by atoms with E-state index in [1.807, 2.05) is 0 Å². The summed E-state index contributed by atoms with van der Waals surface area (Å²) in [6.45, 7) is 1.49. The van der Waals surface area contributed by atoms with Crippen LogP contribution >= 0.6 is 11.6 Å². The normalized spacial score (nSPS) is 10.3. The van der Waals surface area contributed by atoms with Crippen LogP contribution in [0.4, 0.5) is 10.1 Å². The second-order valence-corrected chi connectivity index (χ2v) is 3.53. The molecule has 0 aliphatic heterocycles. The van der Waals surface area contributed by atoms with Gasteiger partial charge in [-0.15, -0.1) is 0 Å². The van der Waals surface area contributed by atoms with Crippen LogP contribution in [0, 0.1) is 15.9 Å². The lowest BCUT2D eigenvalue weighted by Gasteiger charge is -2.10. The van der Waals surface area contributed by atoms with Gasteiger partial charge in [-0.3, -0.25) is 14.9 Å². The Hall–Kier alpha value is -1.89. The van der Waals surface area contributed by atoms with E-state index < -0.39 is 38.7 Å². The number of carbonyl (C=O) groups is 1. The molecule has 1 amide bonds. The minimum Gasteiger partial charge on any atom is -0.504 e. The molecule has 1 aromatic carbocycles. The fourth-order valence-corrected chi connectivity index (χ4v) is 1.78. The topological polar surface area (TPSA) is 106 Å².